The number of nitrogens with one attached hydrogen (secondary N) is 1. The van der Waals surface area contributed by atoms with Crippen molar-refractivity contribution in [2.45, 2.75) is 13.8 Å². The second-order valence-electron chi connectivity index (χ2n) is 8.75. The largest absolute Gasteiger partial charge is 0.397 e. The smallest absolute Gasteiger partial charge is 0.233 e. The predicted octanol–water partition coefficient (Wildman–Crippen LogP) is 2.15. The Bertz CT molecular complexity index is 1150. The van der Waals surface area contributed by atoms with Gasteiger partial charge in [-0.05, 0) is 31.2 Å². The number of likely N-dealkylation sites (N-methyl/N-ethyl adjacent to an activating group) is 1. The van der Waals surface area contributed by atoms with Crippen molar-refractivity contribution in [3.05, 3.63) is 54.0 Å². The second kappa shape index (κ2) is 10.5. The summed E-state index contributed by atoms with van der Waals surface area (Å²) in [6.45, 7) is 6.95. The normalized spacial score (nSPS) is 15.6. The number of nitrogens with two attached hydrogens (primary N) is 2. The van der Waals surface area contributed by atoms with Crippen LogP contribution in [0.15, 0.2) is 36.8 Å². The Morgan fingerprint density at radius 1 is 1.24 bits per heavy atom. The van der Waals surface area contributed by atoms with Crippen LogP contribution in [0.25, 0.3) is 5.70 Å². The third kappa shape index (κ3) is 6.33. The maximum absolute atomic E-state index is 15.1. The Morgan fingerprint density at radius 3 is 2.56 bits per heavy atom. The molecule has 0 aliphatic carbocycles. The van der Waals surface area contributed by atoms with E-state index in [-0.39, 0.29) is 17.4 Å². The summed E-state index contributed by atoms with van der Waals surface area (Å²) in [6, 6.07) is 3.78. The van der Waals surface area contributed by atoms with Gasteiger partial charge in [0.15, 0.2) is 11.6 Å². The molecule has 12 heteroatoms. The van der Waals surface area contributed by atoms with Crippen molar-refractivity contribution in [2.75, 3.05) is 53.6 Å². The average Bonchev–Trinajstić information content (AvgIpc) is 2.75. The quantitative estimate of drug-likeness (QED) is 0.376. The minimum Gasteiger partial charge on any atom is -0.397 e. The van der Waals surface area contributed by atoms with Crippen LogP contribution in [-0.2, 0) is 10.0 Å². The summed E-state index contributed by atoms with van der Waals surface area (Å²) in [6.07, 6.45) is 4.43. The van der Waals surface area contributed by atoms with Crippen molar-refractivity contribution in [3.63, 3.8) is 0 Å². The van der Waals surface area contributed by atoms with Crippen LogP contribution in [0, 0.1) is 17.6 Å². The first kappa shape index (κ1) is 25.7. The van der Waals surface area contributed by atoms with E-state index in [0.717, 1.165) is 44.0 Å². The fourth-order valence-electron chi connectivity index (χ4n) is 3.62. The number of hydrazine groups is 1. The van der Waals surface area contributed by atoms with Gasteiger partial charge in [-0.15, -0.1) is 0 Å². The van der Waals surface area contributed by atoms with Crippen LogP contribution in [0.5, 0.6) is 0 Å². The van der Waals surface area contributed by atoms with Gasteiger partial charge in [-0.2, -0.15) is 0 Å². The number of sulfonamides is 1. The molecule has 2 aromatic rings. The second-order valence-corrected chi connectivity index (χ2v) is 10.5. The molecule has 0 radical (unpaired) electrons. The molecule has 1 fully saturated rings. The van der Waals surface area contributed by atoms with Crippen LogP contribution < -0.4 is 26.2 Å². The lowest BCUT2D eigenvalue weighted by Gasteiger charge is -2.34. The van der Waals surface area contributed by atoms with E-state index in [9.17, 15) is 12.8 Å². The van der Waals surface area contributed by atoms with Gasteiger partial charge < -0.3 is 15.5 Å². The summed E-state index contributed by atoms with van der Waals surface area (Å²) < 4.78 is 56.1. The van der Waals surface area contributed by atoms with Crippen LogP contribution in [0.3, 0.4) is 0 Å². The highest BCUT2D eigenvalue weighted by atomic mass is 32.2. The number of aromatic nitrogens is 1. The van der Waals surface area contributed by atoms with E-state index < -0.39 is 33.0 Å². The zero-order valence-corrected chi connectivity index (χ0v) is 20.3. The van der Waals surface area contributed by atoms with Gasteiger partial charge in [0.1, 0.15) is 5.69 Å². The predicted molar refractivity (Wildman–Crippen MR) is 131 cm³/mol. The van der Waals surface area contributed by atoms with E-state index in [1.807, 2.05) is 6.07 Å². The summed E-state index contributed by atoms with van der Waals surface area (Å²) in [7, 11) is -1.76. The highest BCUT2D eigenvalue weighted by Gasteiger charge is 2.22. The van der Waals surface area contributed by atoms with Crippen molar-refractivity contribution in [1.82, 2.24) is 9.88 Å². The van der Waals surface area contributed by atoms with E-state index in [1.165, 1.54) is 12.4 Å². The summed E-state index contributed by atoms with van der Waals surface area (Å²) in [5, 5.41) is 0.697. The molecule has 0 amide bonds. The molecule has 0 spiro atoms. The van der Waals surface area contributed by atoms with Gasteiger partial charge in [0, 0.05) is 44.1 Å². The third-order valence-corrected chi connectivity index (χ3v) is 6.98. The Kier molecular flexibility index (Phi) is 7.95. The molecule has 5 N–H and O–H groups in total. The molecule has 1 saturated heterocycles. The summed E-state index contributed by atoms with van der Waals surface area (Å²) >= 11 is 0. The Labute approximate surface area is 199 Å². The fraction of sp³-hybridized carbons (Fsp3) is 0.409. The van der Waals surface area contributed by atoms with E-state index in [0.29, 0.717) is 10.6 Å². The number of halogens is 2. The molecule has 2 heterocycles. The topological polar surface area (TPSA) is 121 Å². The van der Waals surface area contributed by atoms with Gasteiger partial charge in [-0.1, -0.05) is 13.8 Å². The minimum absolute atomic E-state index is 0.135. The van der Waals surface area contributed by atoms with E-state index in [2.05, 4.69) is 26.6 Å². The molecule has 3 rings (SSSR count). The van der Waals surface area contributed by atoms with Crippen LogP contribution in [0.1, 0.15) is 19.4 Å². The number of anilines is 3. The molecule has 186 valence electrons. The third-order valence-electron chi connectivity index (χ3n) is 5.35. The maximum atomic E-state index is 15.1. The number of pyridine rings is 1. The van der Waals surface area contributed by atoms with E-state index in [4.69, 9.17) is 11.6 Å². The molecule has 1 aromatic carbocycles. The van der Waals surface area contributed by atoms with Crippen molar-refractivity contribution in [2.24, 2.45) is 17.5 Å². The Hall–Kier alpha value is -2.96. The van der Waals surface area contributed by atoms with E-state index in [1.54, 1.807) is 20.0 Å². The van der Waals surface area contributed by atoms with Crippen molar-refractivity contribution in [3.8, 4) is 0 Å². The summed E-state index contributed by atoms with van der Waals surface area (Å²) in [5.41, 5.74) is 6.66. The zero-order chi connectivity index (χ0) is 25.0. The van der Waals surface area contributed by atoms with Gasteiger partial charge in [-0.3, -0.25) is 14.7 Å². The van der Waals surface area contributed by atoms with Gasteiger partial charge in [0.05, 0.1) is 29.0 Å². The van der Waals surface area contributed by atoms with Gasteiger partial charge >= 0.3 is 0 Å². The number of hydrogen-bond acceptors (Lipinski definition) is 8. The molecule has 0 bridgehead atoms. The molecule has 1 aliphatic rings. The molecule has 1 aliphatic heterocycles. The highest BCUT2D eigenvalue weighted by molar-refractivity contribution is 7.92. The first-order chi connectivity index (χ1) is 16.0. The summed E-state index contributed by atoms with van der Waals surface area (Å²) in [5.74, 6) is 3.42. The molecule has 0 atom stereocenters. The van der Waals surface area contributed by atoms with Gasteiger partial charge in [-0.25, -0.2) is 23.0 Å². The number of hydrogen-bond donors (Lipinski definition) is 3. The molecule has 0 saturated carbocycles. The highest BCUT2D eigenvalue weighted by Crippen LogP contribution is 2.29. The fourth-order valence-corrected chi connectivity index (χ4v) is 5.07. The van der Waals surface area contributed by atoms with Crippen molar-refractivity contribution in [1.29, 1.82) is 0 Å². The summed E-state index contributed by atoms with van der Waals surface area (Å²) in [4.78, 5) is 8.64. The molecule has 34 heavy (non-hydrogen) atoms. The number of piperazine rings is 1. The van der Waals surface area contributed by atoms with Crippen LogP contribution in [0.4, 0.5) is 25.8 Å². The number of nitrogens with zero attached hydrogens (tertiary/aromatic N) is 4. The standard InChI is InChI=1S/C22H31F2N7O2S/c1-15(2)14-34(32,33)28-20-5-4-18(23)22(21(20)24)31(26)13-19(25)16-10-17(12-27-11-16)30-8-6-29(3)7-9-30/h4-5,10-13,15,28H,6-9,14,25-26H2,1-3H3/b19-13-. The molecular formula is C22H31F2N7O2S. The van der Waals surface area contributed by atoms with Crippen LogP contribution in [0.2, 0.25) is 0 Å². The van der Waals surface area contributed by atoms with Gasteiger partial charge in [0.2, 0.25) is 10.0 Å². The molecule has 1 aromatic heterocycles. The van der Waals surface area contributed by atoms with Crippen LogP contribution >= 0.6 is 0 Å². The number of rotatable bonds is 8. The first-order valence-electron chi connectivity index (χ1n) is 10.9. The van der Waals surface area contributed by atoms with Gasteiger partial charge in [0.25, 0.3) is 0 Å². The lowest BCUT2D eigenvalue weighted by Crippen LogP contribution is -2.44. The molecular weight excluding hydrogens is 464 g/mol. The SMILES string of the molecule is CC(C)CS(=O)(=O)Nc1ccc(F)c(N(N)/C=C(\N)c2cncc(N3CCN(C)CC3)c2)c1F. The Morgan fingerprint density at radius 2 is 1.91 bits per heavy atom. The zero-order valence-electron chi connectivity index (χ0n) is 19.5. The monoisotopic (exact) mass is 495 g/mol. The number of benzene rings is 1. The molecule has 9 nitrogen and oxygen atoms in total. The maximum Gasteiger partial charge on any atom is 0.233 e. The van der Waals surface area contributed by atoms with Crippen molar-refractivity contribution < 1.29 is 17.2 Å². The lowest BCUT2D eigenvalue weighted by molar-refractivity contribution is 0.313. The lowest BCUT2D eigenvalue weighted by atomic mass is 10.2. The first-order valence-corrected chi connectivity index (χ1v) is 12.5. The van der Waals surface area contributed by atoms with Crippen LogP contribution in [-0.4, -0.2) is 57.3 Å². The average molecular weight is 496 g/mol. The van der Waals surface area contributed by atoms with Crippen molar-refractivity contribution >= 4 is 32.8 Å². The minimum atomic E-state index is -3.82. The Balaban J connectivity index is 1.85. The van der Waals surface area contributed by atoms with E-state index >= 15 is 4.39 Å². The molecule has 0 unspecified atom stereocenters.